The number of amides is 1. The molecule has 1 fully saturated rings. The third-order valence-electron chi connectivity index (χ3n) is 6.35. The quantitative estimate of drug-likeness (QED) is 0.569. The van der Waals surface area contributed by atoms with Crippen molar-refractivity contribution in [3.8, 4) is 16.9 Å². The molecule has 2 aliphatic heterocycles. The van der Waals surface area contributed by atoms with Crippen molar-refractivity contribution in [3.63, 3.8) is 0 Å². The average Bonchev–Trinajstić information content (AvgIpc) is 3.18. The van der Waals surface area contributed by atoms with Crippen molar-refractivity contribution in [1.29, 1.82) is 0 Å². The highest BCUT2D eigenvalue weighted by atomic mass is 35.5. The summed E-state index contributed by atoms with van der Waals surface area (Å²) in [6, 6.07) is 11.5. The van der Waals surface area contributed by atoms with Gasteiger partial charge in [0.05, 0.1) is 28.9 Å². The normalized spacial score (nSPS) is 19.5. The lowest BCUT2D eigenvalue weighted by atomic mass is 10.0. The third kappa shape index (κ3) is 4.66. The monoisotopic (exact) mass is 516 g/mol. The molecule has 0 spiro atoms. The Kier molecular flexibility index (Phi) is 6.30. The number of hydrogen-bond donors (Lipinski definition) is 1. The summed E-state index contributed by atoms with van der Waals surface area (Å²) >= 11 is 6.02. The maximum Gasteiger partial charge on any atom is 0.243 e. The first-order chi connectivity index (χ1) is 16.7. The summed E-state index contributed by atoms with van der Waals surface area (Å²) in [4.78, 5) is 15.0. The molecule has 0 unspecified atom stereocenters. The van der Waals surface area contributed by atoms with Gasteiger partial charge < -0.3 is 14.6 Å². The molecule has 0 aliphatic carbocycles. The van der Waals surface area contributed by atoms with Gasteiger partial charge in [0.25, 0.3) is 0 Å². The van der Waals surface area contributed by atoms with E-state index in [-0.39, 0.29) is 43.1 Å². The van der Waals surface area contributed by atoms with Crippen molar-refractivity contribution in [3.05, 3.63) is 58.9 Å². The molecule has 0 radical (unpaired) electrons. The highest BCUT2D eigenvalue weighted by molar-refractivity contribution is 7.89. The number of carbonyl (C=O) groups is 1. The number of piperazine rings is 1. The number of fused-ring (bicyclic) bond motifs is 2. The number of rotatable bonds is 3. The summed E-state index contributed by atoms with van der Waals surface area (Å²) in [5.74, 6) is 1.02. The largest absolute Gasteiger partial charge is 0.490 e. The minimum atomic E-state index is -3.73. The molecule has 0 saturated carbocycles. The van der Waals surface area contributed by atoms with Gasteiger partial charge in [-0.3, -0.25) is 9.69 Å². The van der Waals surface area contributed by atoms with Crippen LogP contribution in [0.3, 0.4) is 0 Å². The van der Waals surface area contributed by atoms with Crippen molar-refractivity contribution in [2.75, 3.05) is 38.1 Å². The number of aromatic nitrogens is 1. The van der Waals surface area contributed by atoms with Gasteiger partial charge in [-0.25, -0.2) is 8.42 Å². The van der Waals surface area contributed by atoms with E-state index in [4.69, 9.17) is 20.9 Å². The molecule has 1 saturated heterocycles. The lowest BCUT2D eigenvalue weighted by Crippen LogP contribution is -2.57. The predicted molar refractivity (Wildman–Crippen MR) is 131 cm³/mol. The van der Waals surface area contributed by atoms with Crippen molar-refractivity contribution >= 4 is 33.2 Å². The molecule has 3 aromatic rings. The minimum Gasteiger partial charge on any atom is -0.490 e. The minimum absolute atomic E-state index is 0.133. The highest BCUT2D eigenvalue weighted by Gasteiger charge is 2.36. The molecule has 2 aliphatic rings. The van der Waals surface area contributed by atoms with E-state index in [9.17, 15) is 13.2 Å². The van der Waals surface area contributed by atoms with Crippen LogP contribution in [0.15, 0.2) is 51.9 Å². The van der Waals surface area contributed by atoms with E-state index >= 15 is 0 Å². The summed E-state index contributed by atoms with van der Waals surface area (Å²) in [7, 11) is -3.73. The van der Waals surface area contributed by atoms with Crippen molar-refractivity contribution in [2.45, 2.75) is 24.8 Å². The van der Waals surface area contributed by atoms with Crippen LogP contribution in [0.1, 0.15) is 11.5 Å². The molecule has 5 rings (SSSR count). The number of ether oxygens (including phenoxy) is 1. The highest BCUT2D eigenvalue weighted by Crippen LogP contribution is 2.35. The van der Waals surface area contributed by atoms with Crippen LogP contribution in [-0.4, -0.2) is 67.5 Å². The Hall–Kier alpha value is -2.92. The number of halogens is 1. The molecule has 1 N–H and O–H groups in total. The van der Waals surface area contributed by atoms with Crippen LogP contribution in [0.5, 0.6) is 5.75 Å². The molecular formula is C24H25ClN4O5S. The van der Waals surface area contributed by atoms with Gasteiger partial charge in [-0.15, -0.1) is 0 Å². The molecule has 3 heterocycles. The SMILES string of the molecule is Cc1noc(C)c1-c1ccc2c(c1)NC(=O)CN1CCN(S(=O)(=O)c3cccc(Cl)c3)C[C@@H]1CO2. The zero-order chi connectivity index (χ0) is 24.7. The molecule has 2 aromatic carbocycles. The van der Waals surface area contributed by atoms with E-state index in [1.165, 1.54) is 16.4 Å². The second kappa shape index (κ2) is 9.27. The Labute approximate surface area is 208 Å². The summed E-state index contributed by atoms with van der Waals surface area (Å²) in [5, 5.41) is 7.32. The second-order valence-electron chi connectivity index (χ2n) is 8.71. The van der Waals surface area contributed by atoms with E-state index in [2.05, 4.69) is 10.5 Å². The van der Waals surface area contributed by atoms with Gasteiger partial charge in [0.1, 0.15) is 18.1 Å². The summed E-state index contributed by atoms with van der Waals surface area (Å²) < 4.78 is 39.3. The van der Waals surface area contributed by atoms with E-state index in [1.807, 2.05) is 30.9 Å². The lowest BCUT2D eigenvalue weighted by molar-refractivity contribution is -0.118. The zero-order valence-corrected chi connectivity index (χ0v) is 20.9. The van der Waals surface area contributed by atoms with Crippen LogP contribution in [-0.2, 0) is 14.8 Å². The van der Waals surface area contributed by atoms with Crippen molar-refractivity contribution in [1.82, 2.24) is 14.4 Å². The number of carbonyl (C=O) groups excluding carboxylic acids is 1. The molecular weight excluding hydrogens is 492 g/mol. The second-order valence-corrected chi connectivity index (χ2v) is 11.1. The van der Waals surface area contributed by atoms with Gasteiger partial charge in [0.15, 0.2) is 0 Å². The number of benzene rings is 2. The molecule has 11 heteroatoms. The molecule has 0 bridgehead atoms. The standard InChI is InChI=1S/C24H25ClN4O5S/c1-15-24(16(2)34-27-15)17-6-7-22-21(10-17)26-23(30)13-28-8-9-29(12-19(28)14-33-22)35(31,32)20-5-3-4-18(25)11-20/h3-7,10-11,19H,8-9,12-14H2,1-2H3,(H,26,30)/t19-/m1/s1. The number of sulfonamides is 1. The first-order valence-corrected chi connectivity index (χ1v) is 13.0. The van der Waals surface area contributed by atoms with Crippen LogP contribution in [0.4, 0.5) is 5.69 Å². The molecule has 9 nitrogen and oxygen atoms in total. The van der Waals surface area contributed by atoms with Gasteiger partial charge >= 0.3 is 0 Å². The van der Waals surface area contributed by atoms with Gasteiger partial charge in [0.2, 0.25) is 15.9 Å². The fraction of sp³-hybridized carbons (Fsp3) is 0.333. The number of nitrogens with one attached hydrogen (secondary N) is 1. The first-order valence-electron chi connectivity index (χ1n) is 11.2. The van der Waals surface area contributed by atoms with E-state index in [0.717, 1.165) is 16.8 Å². The Bertz CT molecular complexity index is 1370. The van der Waals surface area contributed by atoms with Gasteiger partial charge in [-0.05, 0) is 49.7 Å². The van der Waals surface area contributed by atoms with Gasteiger partial charge in [-0.2, -0.15) is 4.31 Å². The van der Waals surface area contributed by atoms with Crippen LogP contribution in [0.2, 0.25) is 5.02 Å². The van der Waals surface area contributed by atoms with E-state index in [0.29, 0.717) is 28.8 Å². The Balaban J connectivity index is 1.40. The van der Waals surface area contributed by atoms with Gasteiger partial charge in [-0.1, -0.05) is 28.9 Å². The summed E-state index contributed by atoms with van der Waals surface area (Å²) in [5.41, 5.74) is 3.05. The number of anilines is 1. The predicted octanol–water partition coefficient (Wildman–Crippen LogP) is 3.32. The number of hydrogen-bond acceptors (Lipinski definition) is 7. The molecule has 1 aromatic heterocycles. The summed E-state index contributed by atoms with van der Waals surface area (Å²) in [6.07, 6.45) is 0. The number of aryl methyl sites for hydroxylation is 2. The fourth-order valence-corrected chi connectivity index (χ4v) is 6.36. The average molecular weight is 517 g/mol. The Morgan fingerprint density at radius 1 is 1.14 bits per heavy atom. The van der Waals surface area contributed by atoms with Gasteiger partial charge in [0, 0.05) is 30.2 Å². The fourth-order valence-electron chi connectivity index (χ4n) is 4.59. The Morgan fingerprint density at radius 3 is 2.71 bits per heavy atom. The molecule has 35 heavy (non-hydrogen) atoms. The molecule has 184 valence electrons. The first kappa shape index (κ1) is 23.8. The smallest absolute Gasteiger partial charge is 0.243 e. The van der Waals surface area contributed by atoms with E-state index in [1.54, 1.807) is 18.2 Å². The van der Waals surface area contributed by atoms with Crippen LogP contribution < -0.4 is 10.1 Å². The lowest BCUT2D eigenvalue weighted by Gasteiger charge is -2.39. The molecule has 1 amide bonds. The van der Waals surface area contributed by atoms with Crippen LogP contribution in [0, 0.1) is 13.8 Å². The maximum atomic E-state index is 13.2. The number of nitrogens with zero attached hydrogens (tertiary/aromatic N) is 3. The van der Waals surface area contributed by atoms with Crippen molar-refractivity contribution in [2.24, 2.45) is 0 Å². The Morgan fingerprint density at radius 2 is 1.97 bits per heavy atom. The maximum absolute atomic E-state index is 13.2. The zero-order valence-electron chi connectivity index (χ0n) is 19.3. The van der Waals surface area contributed by atoms with E-state index < -0.39 is 10.0 Å². The third-order valence-corrected chi connectivity index (χ3v) is 8.45. The van der Waals surface area contributed by atoms with Crippen LogP contribution in [0.25, 0.3) is 11.1 Å². The topological polar surface area (TPSA) is 105 Å². The summed E-state index contributed by atoms with van der Waals surface area (Å²) in [6.45, 7) is 4.94. The van der Waals surface area contributed by atoms with Crippen molar-refractivity contribution < 1.29 is 22.5 Å². The van der Waals surface area contributed by atoms with Crippen LogP contribution >= 0.6 is 11.6 Å². The molecule has 1 atom stereocenters.